The van der Waals surface area contributed by atoms with Gasteiger partial charge in [-0.05, 0) is 59.9 Å². The van der Waals surface area contributed by atoms with Crippen LogP contribution in [0.3, 0.4) is 0 Å². The first kappa shape index (κ1) is 24.4. The molecule has 1 unspecified atom stereocenters. The second-order valence-corrected chi connectivity index (χ2v) is 8.89. The molecule has 0 radical (unpaired) electrons. The van der Waals surface area contributed by atoms with Crippen molar-refractivity contribution >= 4 is 46.4 Å². The largest absolute Gasteiger partial charge is 0.481 e. The van der Waals surface area contributed by atoms with E-state index in [0.717, 1.165) is 33.3 Å². The number of carboxylic acid groups (broad SMARTS) is 1. The maximum Gasteiger partial charge on any atom is 0.310 e. The number of hydrogen-bond donors (Lipinski definition) is 1. The first-order valence-electron chi connectivity index (χ1n) is 11.6. The van der Waals surface area contributed by atoms with Crippen molar-refractivity contribution in [2.24, 2.45) is 0 Å². The highest BCUT2D eigenvalue weighted by molar-refractivity contribution is 6.31. The molecular formula is C30H26ClNO3. The van der Waals surface area contributed by atoms with Gasteiger partial charge in [-0.2, -0.15) is 0 Å². The minimum absolute atomic E-state index is 0.0249. The number of rotatable bonds is 9. The smallest absolute Gasteiger partial charge is 0.310 e. The quantitative estimate of drug-likeness (QED) is 0.251. The molecule has 0 bridgehead atoms. The van der Waals surface area contributed by atoms with E-state index in [9.17, 15) is 14.7 Å². The summed E-state index contributed by atoms with van der Waals surface area (Å²) in [6.45, 7) is 1.86. The maximum absolute atomic E-state index is 12.9. The third-order valence-corrected chi connectivity index (χ3v) is 6.32. The average Bonchev–Trinajstić information content (AvgIpc) is 2.86. The Bertz CT molecular complexity index is 1410. The topological polar surface area (TPSA) is 67.3 Å². The predicted octanol–water partition coefficient (Wildman–Crippen LogP) is 7.45. The van der Waals surface area contributed by atoms with Crippen molar-refractivity contribution < 1.29 is 14.7 Å². The van der Waals surface area contributed by atoms with E-state index in [1.54, 1.807) is 0 Å². The molecule has 0 aliphatic carbocycles. The molecule has 176 valence electrons. The fourth-order valence-electron chi connectivity index (χ4n) is 4.22. The van der Waals surface area contributed by atoms with Gasteiger partial charge in [-0.25, -0.2) is 4.98 Å². The van der Waals surface area contributed by atoms with Crippen LogP contribution in [-0.4, -0.2) is 21.8 Å². The molecule has 0 saturated carbocycles. The normalized spacial score (nSPS) is 12.2. The predicted molar refractivity (Wildman–Crippen MR) is 142 cm³/mol. The van der Waals surface area contributed by atoms with Crippen LogP contribution >= 0.6 is 11.6 Å². The maximum atomic E-state index is 12.9. The van der Waals surface area contributed by atoms with Crippen molar-refractivity contribution in [1.29, 1.82) is 0 Å². The summed E-state index contributed by atoms with van der Waals surface area (Å²) >= 11 is 6.08. The molecule has 0 amide bonds. The number of aromatic nitrogens is 1. The number of Topliss-reactive ketones (excluding diaryl/α,β-unsaturated/α-hetero) is 1. The van der Waals surface area contributed by atoms with E-state index < -0.39 is 11.9 Å². The van der Waals surface area contributed by atoms with Gasteiger partial charge >= 0.3 is 5.97 Å². The number of carbonyl (C=O) groups is 2. The van der Waals surface area contributed by atoms with Gasteiger partial charge < -0.3 is 5.11 Å². The Morgan fingerprint density at radius 1 is 0.971 bits per heavy atom. The number of benzene rings is 3. The Kier molecular flexibility index (Phi) is 7.74. The summed E-state index contributed by atoms with van der Waals surface area (Å²) in [6.07, 6.45) is 5.17. The molecule has 0 fully saturated rings. The molecule has 1 aromatic heterocycles. The van der Waals surface area contributed by atoms with Gasteiger partial charge in [0.15, 0.2) is 5.78 Å². The van der Waals surface area contributed by atoms with E-state index in [2.05, 4.69) is 4.98 Å². The second kappa shape index (κ2) is 11.1. The molecule has 0 spiro atoms. The minimum atomic E-state index is -0.838. The van der Waals surface area contributed by atoms with Crippen LogP contribution in [0.25, 0.3) is 23.1 Å². The molecular weight excluding hydrogens is 458 g/mol. The average molecular weight is 484 g/mol. The number of hydrogen-bond acceptors (Lipinski definition) is 3. The number of pyridine rings is 1. The summed E-state index contributed by atoms with van der Waals surface area (Å²) in [7, 11) is 0. The highest BCUT2D eigenvalue weighted by Crippen LogP contribution is 2.25. The molecule has 35 heavy (non-hydrogen) atoms. The molecule has 1 atom stereocenters. The van der Waals surface area contributed by atoms with Crippen molar-refractivity contribution in [2.45, 2.75) is 32.1 Å². The van der Waals surface area contributed by atoms with Crippen LogP contribution in [0, 0.1) is 0 Å². The molecule has 1 N–H and O–H groups in total. The number of fused-ring (bicyclic) bond motifs is 1. The van der Waals surface area contributed by atoms with E-state index >= 15 is 0 Å². The van der Waals surface area contributed by atoms with Crippen LogP contribution in [0.5, 0.6) is 0 Å². The Labute approximate surface area is 209 Å². The van der Waals surface area contributed by atoms with E-state index in [4.69, 9.17) is 11.6 Å². The molecule has 0 saturated heterocycles. The lowest BCUT2D eigenvalue weighted by atomic mass is 9.89. The number of aryl methyl sites for hydroxylation is 1. The molecule has 5 heteroatoms. The van der Waals surface area contributed by atoms with Crippen molar-refractivity contribution in [3.63, 3.8) is 0 Å². The second-order valence-electron chi connectivity index (χ2n) is 8.45. The van der Waals surface area contributed by atoms with Gasteiger partial charge in [-0.1, -0.05) is 79.2 Å². The zero-order valence-corrected chi connectivity index (χ0v) is 20.2. The molecule has 4 nitrogen and oxygen atoms in total. The van der Waals surface area contributed by atoms with Gasteiger partial charge in [-0.15, -0.1) is 0 Å². The van der Waals surface area contributed by atoms with Crippen LogP contribution in [0.15, 0.2) is 78.9 Å². The first-order chi connectivity index (χ1) is 16.9. The summed E-state index contributed by atoms with van der Waals surface area (Å²) in [5.41, 5.74) is 4.87. The third kappa shape index (κ3) is 6.03. The van der Waals surface area contributed by atoms with E-state index in [1.807, 2.05) is 97.9 Å². The van der Waals surface area contributed by atoms with Crippen LogP contribution in [0.1, 0.15) is 58.4 Å². The minimum Gasteiger partial charge on any atom is -0.481 e. The summed E-state index contributed by atoms with van der Waals surface area (Å²) in [4.78, 5) is 29.2. The Hall–Kier alpha value is -3.76. The standard InChI is InChI=1S/C30H26ClNO3/c1-2-26(30(34)35)27-9-4-3-7-21(27)13-17-29(33)23-8-5-6-20(18-23)10-15-25-16-12-22-11-14-24(31)19-28(22)32-25/h3-12,14-16,18-19,26H,2,13,17H2,1H3,(H,34,35)/b15-10+. The van der Waals surface area contributed by atoms with E-state index in [-0.39, 0.29) is 5.78 Å². The number of halogens is 1. The molecule has 0 aliphatic heterocycles. The van der Waals surface area contributed by atoms with Gasteiger partial charge in [0.05, 0.1) is 17.1 Å². The molecule has 3 aromatic carbocycles. The van der Waals surface area contributed by atoms with E-state index in [0.29, 0.717) is 29.8 Å². The molecule has 0 aliphatic rings. The van der Waals surface area contributed by atoms with Crippen LogP contribution in [0.2, 0.25) is 5.02 Å². The van der Waals surface area contributed by atoms with Crippen LogP contribution in [0.4, 0.5) is 0 Å². The highest BCUT2D eigenvalue weighted by Gasteiger charge is 2.20. The lowest BCUT2D eigenvalue weighted by Gasteiger charge is -2.15. The monoisotopic (exact) mass is 483 g/mol. The Morgan fingerprint density at radius 3 is 2.57 bits per heavy atom. The number of carboxylic acids is 1. The first-order valence-corrected chi connectivity index (χ1v) is 12.0. The number of carbonyl (C=O) groups excluding carboxylic acids is 1. The Balaban J connectivity index is 1.47. The highest BCUT2D eigenvalue weighted by atomic mass is 35.5. The van der Waals surface area contributed by atoms with Crippen molar-refractivity contribution in [1.82, 2.24) is 4.98 Å². The van der Waals surface area contributed by atoms with Gasteiger partial charge in [0.1, 0.15) is 0 Å². The number of nitrogens with zero attached hydrogens (tertiary/aromatic N) is 1. The third-order valence-electron chi connectivity index (χ3n) is 6.09. The SMILES string of the molecule is CCC(C(=O)O)c1ccccc1CCC(=O)c1cccc(/C=C/c2ccc3ccc(Cl)cc3n2)c1. The van der Waals surface area contributed by atoms with Crippen molar-refractivity contribution in [3.05, 3.63) is 112 Å². The lowest BCUT2D eigenvalue weighted by molar-refractivity contribution is -0.138. The zero-order valence-electron chi connectivity index (χ0n) is 19.4. The van der Waals surface area contributed by atoms with Crippen molar-refractivity contribution in [2.75, 3.05) is 0 Å². The van der Waals surface area contributed by atoms with E-state index in [1.165, 1.54) is 0 Å². The van der Waals surface area contributed by atoms with Gasteiger partial charge in [0.25, 0.3) is 0 Å². The van der Waals surface area contributed by atoms with Crippen LogP contribution < -0.4 is 0 Å². The van der Waals surface area contributed by atoms with Gasteiger partial charge in [-0.3, -0.25) is 9.59 Å². The summed E-state index contributed by atoms with van der Waals surface area (Å²) in [6, 6.07) is 24.6. The Morgan fingerprint density at radius 2 is 1.77 bits per heavy atom. The summed E-state index contributed by atoms with van der Waals surface area (Å²) in [5.74, 6) is -1.37. The van der Waals surface area contributed by atoms with Crippen LogP contribution in [-0.2, 0) is 11.2 Å². The fraction of sp³-hybridized carbons (Fsp3) is 0.167. The molecule has 4 rings (SSSR count). The summed E-state index contributed by atoms with van der Waals surface area (Å²) < 4.78 is 0. The van der Waals surface area contributed by atoms with Gasteiger partial charge in [0.2, 0.25) is 0 Å². The summed E-state index contributed by atoms with van der Waals surface area (Å²) in [5, 5.41) is 11.2. The van der Waals surface area contributed by atoms with Gasteiger partial charge in [0, 0.05) is 22.4 Å². The zero-order chi connectivity index (χ0) is 24.8. The molecule has 1 heterocycles. The number of aliphatic carboxylic acids is 1. The van der Waals surface area contributed by atoms with Crippen molar-refractivity contribution in [3.8, 4) is 0 Å². The fourth-order valence-corrected chi connectivity index (χ4v) is 4.38. The number of ketones is 1. The molecule has 4 aromatic rings. The lowest BCUT2D eigenvalue weighted by Crippen LogP contribution is -2.13.